The molecule has 0 bridgehead atoms. The van der Waals surface area contributed by atoms with Gasteiger partial charge in [-0.3, -0.25) is 0 Å². The van der Waals surface area contributed by atoms with Gasteiger partial charge in [-0.1, -0.05) is 121 Å². The van der Waals surface area contributed by atoms with E-state index in [2.05, 4.69) is 94.8 Å². The van der Waals surface area contributed by atoms with Crippen molar-refractivity contribution < 1.29 is 5.11 Å². The van der Waals surface area contributed by atoms with Crippen LogP contribution in [0.3, 0.4) is 0 Å². The molecule has 5 aromatic carbocycles. The Labute approximate surface area is 221 Å². The van der Waals surface area contributed by atoms with Gasteiger partial charge in [-0.05, 0) is 28.6 Å². The van der Waals surface area contributed by atoms with Crippen LogP contribution in [0.15, 0.2) is 121 Å². The van der Waals surface area contributed by atoms with Crippen LogP contribution in [-0.4, -0.2) is 22.3 Å². The first-order valence-electron chi connectivity index (χ1n) is 12.5. The average Bonchev–Trinajstić information content (AvgIpc) is 3.28. The maximum absolute atomic E-state index is 11.3. The van der Waals surface area contributed by atoms with Crippen LogP contribution in [0.2, 0.25) is 5.02 Å². The second-order valence-corrected chi connectivity index (χ2v) is 9.67. The molecule has 0 amide bonds. The molecule has 1 unspecified atom stereocenters. The summed E-state index contributed by atoms with van der Waals surface area (Å²) in [5.74, 6) is 0. The molecule has 0 spiro atoms. The van der Waals surface area contributed by atoms with E-state index in [4.69, 9.17) is 11.6 Å². The summed E-state index contributed by atoms with van der Waals surface area (Å²) in [6.45, 7) is 0.808. The number of para-hydroxylation sites is 1. The molecule has 0 fully saturated rings. The van der Waals surface area contributed by atoms with Crippen molar-refractivity contribution >= 4 is 39.0 Å². The van der Waals surface area contributed by atoms with Crippen LogP contribution in [0.5, 0.6) is 0 Å². The molecule has 1 atom stereocenters. The number of aliphatic hydroxyl groups excluding tert-OH is 1. The zero-order valence-electron chi connectivity index (χ0n) is 20.3. The summed E-state index contributed by atoms with van der Waals surface area (Å²) in [6.07, 6.45) is -0.642. The molecule has 0 saturated carbocycles. The number of hydrogen-bond donors (Lipinski definition) is 2. The Bertz CT molecular complexity index is 1680. The zero-order valence-corrected chi connectivity index (χ0v) is 21.1. The van der Waals surface area contributed by atoms with Gasteiger partial charge in [0.05, 0.1) is 34.6 Å². The van der Waals surface area contributed by atoms with Crippen LogP contribution in [0, 0.1) is 0 Å². The Balaban J connectivity index is 1.55. The maximum atomic E-state index is 11.3. The normalized spacial score (nSPS) is 12.2. The van der Waals surface area contributed by atoms with Gasteiger partial charge in [0, 0.05) is 22.9 Å². The summed E-state index contributed by atoms with van der Waals surface area (Å²) in [5.41, 5.74) is 6.51. The highest BCUT2D eigenvalue weighted by molar-refractivity contribution is 6.33. The quantitative estimate of drug-likeness (QED) is 0.230. The monoisotopic (exact) mass is 502 g/mol. The largest absolute Gasteiger partial charge is 0.389 e. The van der Waals surface area contributed by atoms with Gasteiger partial charge in [0.25, 0.3) is 0 Å². The number of benzene rings is 5. The van der Waals surface area contributed by atoms with Gasteiger partial charge in [-0.2, -0.15) is 0 Å². The van der Waals surface area contributed by atoms with Crippen molar-refractivity contribution in [2.45, 2.75) is 12.6 Å². The van der Waals surface area contributed by atoms with E-state index >= 15 is 0 Å². The second kappa shape index (κ2) is 10.1. The van der Waals surface area contributed by atoms with Gasteiger partial charge in [0.2, 0.25) is 0 Å². The van der Waals surface area contributed by atoms with Gasteiger partial charge in [-0.25, -0.2) is 0 Å². The summed E-state index contributed by atoms with van der Waals surface area (Å²) in [4.78, 5) is 0. The Morgan fingerprint density at radius 1 is 0.676 bits per heavy atom. The molecule has 0 radical (unpaired) electrons. The predicted molar refractivity (Wildman–Crippen MR) is 156 cm³/mol. The Morgan fingerprint density at radius 3 is 2.08 bits per heavy atom. The maximum Gasteiger partial charge on any atom is 0.0891 e. The van der Waals surface area contributed by atoms with Crippen molar-refractivity contribution in [1.82, 2.24) is 4.57 Å². The molecule has 0 aliphatic heterocycles. The molecule has 3 nitrogen and oxygen atoms in total. The van der Waals surface area contributed by atoms with E-state index in [1.54, 1.807) is 0 Å². The van der Waals surface area contributed by atoms with E-state index in [9.17, 15) is 5.11 Å². The SMILES string of the molecule is OC(CNc1ccccc1Cl)Cn1c(-c2ccccc2)c(-c2ccccc2)c2ccc3ccccc3c21. The molecular weight excluding hydrogens is 476 g/mol. The minimum atomic E-state index is -0.642. The van der Waals surface area contributed by atoms with Crippen molar-refractivity contribution in [2.24, 2.45) is 0 Å². The first kappa shape index (κ1) is 23.4. The number of aliphatic hydroxyl groups is 1. The van der Waals surface area contributed by atoms with Gasteiger partial charge < -0.3 is 15.0 Å². The van der Waals surface area contributed by atoms with Crippen LogP contribution in [0.1, 0.15) is 0 Å². The lowest BCUT2D eigenvalue weighted by molar-refractivity contribution is 0.169. The fourth-order valence-corrected chi connectivity index (χ4v) is 5.41. The third-order valence-corrected chi connectivity index (χ3v) is 7.18. The lowest BCUT2D eigenvalue weighted by Crippen LogP contribution is -2.25. The van der Waals surface area contributed by atoms with Crippen LogP contribution in [0.25, 0.3) is 44.1 Å². The summed E-state index contributed by atoms with van der Waals surface area (Å²) < 4.78 is 2.30. The van der Waals surface area contributed by atoms with E-state index < -0.39 is 6.10 Å². The molecule has 0 saturated heterocycles. The minimum absolute atomic E-state index is 0.378. The summed E-state index contributed by atoms with van der Waals surface area (Å²) >= 11 is 6.34. The Morgan fingerprint density at radius 2 is 1.32 bits per heavy atom. The zero-order chi connectivity index (χ0) is 25.2. The summed E-state index contributed by atoms with van der Waals surface area (Å²) in [6, 6.07) is 41.5. The molecule has 0 aliphatic carbocycles. The van der Waals surface area contributed by atoms with Crippen molar-refractivity contribution in [2.75, 3.05) is 11.9 Å². The third kappa shape index (κ3) is 4.48. The smallest absolute Gasteiger partial charge is 0.0891 e. The van der Waals surface area contributed by atoms with E-state index in [-0.39, 0.29) is 0 Å². The molecule has 1 aromatic heterocycles. The van der Waals surface area contributed by atoms with Crippen LogP contribution < -0.4 is 5.32 Å². The van der Waals surface area contributed by atoms with Crippen LogP contribution in [-0.2, 0) is 6.54 Å². The molecule has 4 heteroatoms. The standard InChI is InChI=1S/C33H27ClN2O/c34-29-17-9-10-18-30(29)35-21-26(37)22-36-32(25-14-5-2-6-15-25)31(24-12-3-1-4-13-24)28-20-19-23-11-7-8-16-27(23)33(28)36/h1-20,26,35,37H,21-22H2. The third-order valence-electron chi connectivity index (χ3n) is 6.85. The van der Waals surface area contributed by atoms with Gasteiger partial charge >= 0.3 is 0 Å². The molecule has 6 aromatic rings. The highest BCUT2D eigenvalue weighted by Gasteiger charge is 2.23. The molecule has 182 valence electrons. The van der Waals surface area contributed by atoms with Gasteiger partial charge in [0.1, 0.15) is 0 Å². The molecule has 1 heterocycles. The van der Waals surface area contributed by atoms with E-state index in [1.165, 1.54) is 21.7 Å². The molecule has 6 rings (SSSR count). The second-order valence-electron chi connectivity index (χ2n) is 9.26. The number of fused-ring (bicyclic) bond motifs is 3. The first-order chi connectivity index (χ1) is 18.2. The lowest BCUT2D eigenvalue weighted by atomic mass is 9.97. The number of aromatic nitrogens is 1. The predicted octanol–water partition coefficient (Wildman–Crippen LogP) is 8.25. The molecule has 37 heavy (non-hydrogen) atoms. The highest BCUT2D eigenvalue weighted by atomic mass is 35.5. The fourth-order valence-electron chi connectivity index (χ4n) is 5.21. The average molecular weight is 503 g/mol. The van der Waals surface area contributed by atoms with Crippen LogP contribution >= 0.6 is 11.6 Å². The van der Waals surface area contributed by atoms with Crippen molar-refractivity contribution in [1.29, 1.82) is 0 Å². The van der Waals surface area contributed by atoms with E-state index in [1.807, 2.05) is 36.4 Å². The van der Waals surface area contributed by atoms with Crippen LogP contribution in [0.4, 0.5) is 5.69 Å². The number of halogens is 1. The first-order valence-corrected chi connectivity index (χ1v) is 12.9. The number of nitrogens with zero attached hydrogens (tertiary/aromatic N) is 1. The molecular formula is C33H27ClN2O. The fraction of sp³-hybridized carbons (Fsp3) is 0.0909. The topological polar surface area (TPSA) is 37.2 Å². The summed E-state index contributed by atoms with van der Waals surface area (Å²) in [7, 11) is 0. The highest BCUT2D eigenvalue weighted by Crippen LogP contribution is 2.43. The summed E-state index contributed by atoms with van der Waals surface area (Å²) in [5, 5.41) is 18.8. The minimum Gasteiger partial charge on any atom is -0.389 e. The number of rotatable bonds is 7. The molecule has 2 N–H and O–H groups in total. The number of anilines is 1. The van der Waals surface area contributed by atoms with Gasteiger partial charge in [0.15, 0.2) is 0 Å². The number of nitrogens with one attached hydrogen (secondary N) is 1. The lowest BCUT2D eigenvalue weighted by Gasteiger charge is -2.19. The van der Waals surface area contributed by atoms with Crippen molar-refractivity contribution in [3.8, 4) is 22.4 Å². The number of hydrogen-bond acceptors (Lipinski definition) is 2. The Kier molecular flexibility index (Phi) is 6.40. The van der Waals surface area contributed by atoms with E-state index in [0.29, 0.717) is 18.1 Å². The van der Waals surface area contributed by atoms with Crippen molar-refractivity contribution in [3.63, 3.8) is 0 Å². The van der Waals surface area contributed by atoms with Gasteiger partial charge in [-0.15, -0.1) is 0 Å². The van der Waals surface area contributed by atoms with Crippen molar-refractivity contribution in [3.05, 3.63) is 126 Å². The molecule has 0 aliphatic rings. The van der Waals surface area contributed by atoms with E-state index in [0.717, 1.165) is 28.0 Å². The Hall–Kier alpha value is -4.05.